The molecule has 2 aliphatic heterocycles. The highest BCUT2D eigenvalue weighted by atomic mass is 16.6. The largest absolute Gasteiger partial charge is 0.486 e. The Hall–Kier alpha value is -3.55. The third-order valence-corrected chi connectivity index (χ3v) is 4.80. The molecule has 0 saturated carbocycles. The van der Waals surface area contributed by atoms with Gasteiger partial charge in [0.05, 0.1) is 5.92 Å². The van der Waals surface area contributed by atoms with E-state index < -0.39 is 5.92 Å². The fraction of sp³-hybridized carbons (Fsp3) is 0.286. The summed E-state index contributed by atoms with van der Waals surface area (Å²) in [5.41, 5.74) is 1.95. The summed E-state index contributed by atoms with van der Waals surface area (Å²) in [4.78, 5) is 37.8. The number of rotatable bonds is 4. The van der Waals surface area contributed by atoms with Crippen molar-refractivity contribution in [1.29, 1.82) is 0 Å². The van der Waals surface area contributed by atoms with Gasteiger partial charge in [0.25, 0.3) is 0 Å². The van der Waals surface area contributed by atoms with Gasteiger partial charge in [-0.05, 0) is 36.4 Å². The van der Waals surface area contributed by atoms with Gasteiger partial charge < -0.3 is 25.0 Å². The molecule has 1 saturated heterocycles. The molecule has 2 aliphatic rings. The summed E-state index contributed by atoms with van der Waals surface area (Å²) in [6.45, 7) is 2.71. The zero-order valence-electron chi connectivity index (χ0n) is 15.9. The number of amides is 3. The molecule has 8 heteroatoms. The first-order chi connectivity index (χ1) is 14.0. The second-order valence-electron chi connectivity index (χ2n) is 6.98. The van der Waals surface area contributed by atoms with Crippen LogP contribution in [0.3, 0.4) is 0 Å². The van der Waals surface area contributed by atoms with Crippen LogP contribution >= 0.6 is 0 Å². The molecule has 2 aromatic carbocycles. The number of carbonyl (C=O) groups is 3. The Balaban J connectivity index is 1.41. The van der Waals surface area contributed by atoms with Crippen LogP contribution in [0.2, 0.25) is 0 Å². The van der Waals surface area contributed by atoms with Crippen LogP contribution in [0.25, 0.3) is 0 Å². The van der Waals surface area contributed by atoms with Gasteiger partial charge in [0.1, 0.15) is 13.2 Å². The van der Waals surface area contributed by atoms with Crippen molar-refractivity contribution in [2.75, 3.05) is 35.3 Å². The Bertz CT molecular complexity index is 957. The molecule has 0 unspecified atom stereocenters. The minimum absolute atomic E-state index is 0.111. The molecular weight excluding hydrogens is 374 g/mol. The number of hydrogen-bond acceptors (Lipinski definition) is 5. The molecule has 0 bridgehead atoms. The number of nitrogens with one attached hydrogen (secondary N) is 2. The average molecular weight is 395 g/mol. The standard InChI is InChI=1S/C21H21N3O5/c1-13(25)22-15-2-5-17(6-3-15)24-12-14(10-20(24)26)21(27)23-16-4-7-18-19(11-16)29-9-8-28-18/h2-7,11,14H,8-10,12H2,1H3,(H,22,25)(H,23,27)/t14-/m1/s1. The number of hydrogen-bond donors (Lipinski definition) is 2. The van der Waals surface area contributed by atoms with Crippen LogP contribution < -0.4 is 25.0 Å². The maximum Gasteiger partial charge on any atom is 0.229 e. The third kappa shape index (κ3) is 4.16. The molecule has 3 amide bonds. The van der Waals surface area contributed by atoms with Crippen molar-refractivity contribution in [3.63, 3.8) is 0 Å². The van der Waals surface area contributed by atoms with Crippen LogP contribution in [-0.2, 0) is 14.4 Å². The lowest BCUT2D eigenvalue weighted by molar-refractivity contribution is -0.122. The van der Waals surface area contributed by atoms with E-state index in [2.05, 4.69) is 10.6 Å². The van der Waals surface area contributed by atoms with Crippen molar-refractivity contribution in [3.05, 3.63) is 42.5 Å². The minimum atomic E-state index is -0.453. The molecule has 4 rings (SSSR count). The number of anilines is 3. The van der Waals surface area contributed by atoms with Crippen molar-refractivity contribution < 1.29 is 23.9 Å². The van der Waals surface area contributed by atoms with E-state index in [1.807, 2.05) is 0 Å². The number of ether oxygens (including phenoxy) is 2. The molecule has 2 heterocycles. The van der Waals surface area contributed by atoms with E-state index in [0.717, 1.165) is 0 Å². The second-order valence-corrected chi connectivity index (χ2v) is 6.98. The van der Waals surface area contributed by atoms with Gasteiger partial charge in [-0.2, -0.15) is 0 Å². The Morgan fingerprint density at radius 2 is 1.66 bits per heavy atom. The van der Waals surface area contributed by atoms with Gasteiger partial charge in [-0.15, -0.1) is 0 Å². The lowest BCUT2D eigenvalue weighted by atomic mass is 10.1. The van der Waals surface area contributed by atoms with Gasteiger partial charge in [-0.1, -0.05) is 0 Å². The lowest BCUT2D eigenvalue weighted by Gasteiger charge is -2.19. The predicted octanol–water partition coefficient (Wildman–Crippen LogP) is 2.41. The summed E-state index contributed by atoms with van der Waals surface area (Å²) in [5, 5.41) is 5.54. The normalized spacial score (nSPS) is 17.8. The van der Waals surface area contributed by atoms with Gasteiger partial charge in [-0.25, -0.2) is 0 Å². The van der Waals surface area contributed by atoms with E-state index in [9.17, 15) is 14.4 Å². The number of carbonyl (C=O) groups excluding carboxylic acids is 3. The van der Waals surface area contributed by atoms with Crippen LogP contribution in [0.1, 0.15) is 13.3 Å². The summed E-state index contributed by atoms with van der Waals surface area (Å²) in [5.74, 6) is 0.306. The predicted molar refractivity (Wildman–Crippen MR) is 107 cm³/mol. The minimum Gasteiger partial charge on any atom is -0.486 e. The van der Waals surface area contributed by atoms with Gasteiger partial charge in [-0.3, -0.25) is 14.4 Å². The molecule has 2 aromatic rings. The average Bonchev–Trinajstić information content (AvgIpc) is 3.10. The second kappa shape index (κ2) is 7.83. The van der Waals surface area contributed by atoms with E-state index in [1.165, 1.54) is 6.92 Å². The summed E-state index contributed by atoms with van der Waals surface area (Å²) >= 11 is 0. The fourth-order valence-corrected chi connectivity index (χ4v) is 3.43. The molecule has 8 nitrogen and oxygen atoms in total. The van der Waals surface area contributed by atoms with E-state index in [0.29, 0.717) is 48.3 Å². The van der Waals surface area contributed by atoms with Crippen LogP contribution in [0.4, 0.5) is 17.1 Å². The topological polar surface area (TPSA) is 97.0 Å². The lowest BCUT2D eigenvalue weighted by Crippen LogP contribution is -2.28. The number of fused-ring (bicyclic) bond motifs is 1. The molecule has 150 valence electrons. The molecule has 1 atom stereocenters. The van der Waals surface area contributed by atoms with Gasteiger partial charge in [0.2, 0.25) is 17.7 Å². The summed E-state index contributed by atoms with van der Waals surface area (Å²) in [6, 6.07) is 12.2. The summed E-state index contributed by atoms with van der Waals surface area (Å²) in [6.07, 6.45) is 0.143. The highest BCUT2D eigenvalue weighted by Crippen LogP contribution is 2.33. The highest BCUT2D eigenvalue weighted by Gasteiger charge is 2.35. The molecule has 2 N–H and O–H groups in total. The maximum absolute atomic E-state index is 12.7. The Morgan fingerprint density at radius 3 is 2.38 bits per heavy atom. The first kappa shape index (κ1) is 18.8. The van der Waals surface area contributed by atoms with Gasteiger partial charge in [0, 0.05) is 43.0 Å². The van der Waals surface area contributed by atoms with Gasteiger partial charge in [0.15, 0.2) is 11.5 Å². The Labute approximate surface area is 167 Å². The number of benzene rings is 2. The molecular formula is C21H21N3O5. The van der Waals surface area contributed by atoms with Crippen LogP contribution in [-0.4, -0.2) is 37.5 Å². The van der Waals surface area contributed by atoms with Crippen molar-refractivity contribution in [1.82, 2.24) is 0 Å². The van der Waals surface area contributed by atoms with E-state index in [-0.39, 0.29) is 24.1 Å². The molecule has 0 radical (unpaired) electrons. The zero-order chi connectivity index (χ0) is 20.4. The smallest absolute Gasteiger partial charge is 0.229 e. The monoisotopic (exact) mass is 395 g/mol. The first-order valence-electron chi connectivity index (χ1n) is 9.38. The van der Waals surface area contributed by atoms with Crippen LogP contribution in [0, 0.1) is 5.92 Å². The quantitative estimate of drug-likeness (QED) is 0.829. The molecule has 29 heavy (non-hydrogen) atoms. The Morgan fingerprint density at radius 1 is 0.966 bits per heavy atom. The summed E-state index contributed by atoms with van der Waals surface area (Å²) in [7, 11) is 0. The summed E-state index contributed by atoms with van der Waals surface area (Å²) < 4.78 is 11.0. The maximum atomic E-state index is 12.7. The van der Waals surface area contributed by atoms with Gasteiger partial charge >= 0.3 is 0 Å². The van der Waals surface area contributed by atoms with E-state index >= 15 is 0 Å². The third-order valence-electron chi connectivity index (χ3n) is 4.80. The first-order valence-corrected chi connectivity index (χ1v) is 9.38. The fourth-order valence-electron chi connectivity index (χ4n) is 3.43. The molecule has 0 spiro atoms. The van der Waals surface area contributed by atoms with Crippen LogP contribution in [0.5, 0.6) is 11.5 Å². The SMILES string of the molecule is CC(=O)Nc1ccc(N2C[C@H](C(=O)Nc3ccc4c(c3)OCCO4)CC2=O)cc1. The highest BCUT2D eigenvalue weighted by molar-refractivity contribution is 6.03. The van der Waals surface area contributed by atoms with Crippen LogP contribution in [0.15, 0.2) is 42.5 Å². The van der Waals surface area contributed by atoms with E-state index in [1.54, 1.807) is 47.4 Å². The van der Waals surface area contributed by atoms with Crippen molar-refractivity contribution in [2.45, 2.75) is 13.3 Å². The zero-order valence-corrected chi connectivity index (χ0v) is 15.9. The molecule has 1 fully saturated rings. The molecule has 0 aromatic heterocycles. The van der Waals surface area contributed by atoms with Crippen molar-refractivity contribution in [3.8, 4) is 11.5 Å². The van der Waals surface area contributed by atoms with Crippen molar-refractivity contribution >= 4 is 34.8 Å². The van der Waals surface area contributed by atoms with Crippen molar-refractivity contribution in [2.24, 2.45) is 5.92 Å². The number of nitrogens with zero attached hydrogens (tertiary/aromatic N) is 1. The van der Waals surface area contributed by atoms with E-state index in [4.69, 9.17) is 9.47 Å². The Kier molecular flexibility index (Phi) is 5.07. The molecule has 0 aliphatic carbocycles.